The SMILES string of the molecule is CC(C)CCc1ccc(C(=O)CCCCCCc2ccccc2)cc1. The molecule has 2 aromatic rings. The van der Waals surface area contributed by atoms with Gasteiger partial charge in [-0.3, -0.25) is 4.79 Å². The highest BCUT2D eigenvalue weighted by Gasteiger charge is 2.06. The van der Waals surface area contributed by atoms with Gasteiger partial charge in [0.2, 0.25) is 0 Å². The van der Waals surface area contributed by atoms with E-state index in [4.69, 9.17) is 0 Å². The lowest BCUT2D eigenvalue weighted by Gasteiger charge is -2.06. The zero-order valence-corrected chi connectivity index (χ0v) is 15.8. The highest BCUT2D eigenvalue weighted by molar-refractivity contribution is 5.96. The maximum Gasteiger partial charge on any atom is 0.162 e. The quantitative estimate of drug-likeness (QED) is 0.331. The van der Waals surface area contributed by atoms with Gasteiger partial charge in [-0.15, -0.1) is 0 Å². The first-order chi connectivity index (χ1) is 12.1. The van der Waals surface area contributed by atoms with E-state index < -0.39 is 0 Å². The number of rotatable bonds is 11. The smallest absolute Gasteiger partial charge is 0.162 e. The molecule has 1 nitrogen and oxygen atoms in total. The van der Waals surface area contributed by atoms with Gasteiger partial charge in [0.05, 0.1) is 0 Å². The molecule has 0 aliphatic carbocycles. The first-order valence-electron chi connectivity index (χ1n) is 9.81. The Labute approximate surface area is 153 Å². The van der Waals surface area contributed by atoms with E-state index in [0.29, 0.717) is 12.2 Å². The van der Waals surface area contributed by atoms with Crippen molar-refractivity contribution in [3.05, 3.63) is 71.3 Å². The molecular formula is C24H32O. The Hall–Kier alpha value is -1.89. The third kappa shape index (κ3) is 7.69. The number of carbonyl (C=O) groups excluding carboxylic acids is 1. The van der Waals surface area contributed by atoms with E-state index in [1.54, 1.807) is 0 Å². The summed E-state index contributed by atoms with van der Waals surface area (Å²) in [4.78, 5) is 12.3. The molecule has 134 valence electrons. The molecule has 0 unspecified atom stereocenters. The summed E-state index contributed by atoms with van der Waals surface area (Å²) in [6.45, 7) is 4.50. The van der Waals surface area contributed by atoms with E-state index in [1.165, 1.54) is 30.4 Å². The van der Waals surface area contributed by atoms with E-state index in [9.17, 15) is 4.79 Å². The molecule has 1 heteroatoms. The van der Waals surface area contributed by atoms with Crippen molar-refractivity contribution in [2.24, 2.45) is 5.92 Å². The Balaban J connectivity index is 1.61. The van der Waals surface area contributed by atoms with Crippen molar-refractivity contribution in [3.63, 3.8) is 0 Å². The van der Waals surface area contributed by atoms with E-state index in [2.05, 4.69) is 56.3 Å². The van der Waals surface area contributed by atoms with Gasteiger partial charge in [0.15, 0.2) is 5.78 Å². The van der Waals surface area contributed by atoms with Crippen LogP contribution in [0.25, 0.3) is 0 Å². The molecule has 0 aliphatic rings. The highest BCUT2D eigenvalue weighted by atomic mass is 16.1. The summed E-state index contributed by atoms with van der Waals surface area (Å²) >= 11 is 0. The molecule has 0 saturated heterocycles. The predicted molar refractivity (Wildman–Crippen MR) is 107 cm³/mol. The molecule has 0 fully saturated rings. The third-order valence-corrected chi connectivity index (χ3v) is 4.75. The second-order valence-corrected chi connectivity index (χ2v) is 7.45. The predicted octanol–water partition coefficient (Wildman–Crippen LogP) is 6.65. The number of aryl methyl sites for hydroxylation is 2. The maximum absolute atomic E-state index is 12.3. The van der Waals surface area contributed by atoms with Gasteiger partial charge in [-0.25, -0.2) is 0 Å². The molecule has 0 saturated carbocycles. The van der Waals surface area contributed by atoms with Gasteiger partial charge in [-0.05, 0) is 49.1 Å². The maximum atomic E-state index is 12.3. The molecule has 25 heavy (non-hydrogen) atoms. The fourth-order valence-electron chi connectivity index (χ4n) is 3.07. The fourth-order valence-corrected chi connectivity index (χ4v) is 3.07. The third-order valence-electron chi connectivity index (χ3n) is 4.75. The number of Topliss-reactive ketones (excluding diaryl/α,β-unsaturated/α-hetero) is 1. The van der Waals surface area contributed by atoms with Gasteiger partial charge in [0.1, 0.15) is 0 Å². The van der Waals surface area contributed by atoms with Crippen LogP contribution in [0.1, 0.15) is 73.9 Å². The molecule has 0 bridgehead atoms. The largest absolute Gasteiger partial charge is 0.294 e. The molecular weight excluding hydrogens is 304 g/mol. The van der Waals surface area contributed by atoms with Crippen LogP contribution in [0.15, 0.2) is 54.6 Å². The van der Waals surface area contributed by atoms with Gasteiger partial charge in [-0.2, -0.15) is 0 Å². The van der Waals surface area contributed by atoms with E-state index in [0.717, 1.165) is 37.2 Å². The van der Waals surface area contributed by atoms with Gasteiger partial charge < -0.3 is 0 Å². The fraction of sp³-hybridized carbons (Fsp3) is 0.458. The van der Waals surface area contributed by atoms with E-state index in [1.807, 2.05) is 12.1 Å². The van der Waals surface area contributed by atoms with Gasteiger partial charge in [-0.1, -0.05) is 81.3 Å². The van der Waals surface area contributed by atoms with Crippen LogP contribution in [0.4, 0.5) is 0 Å². The Morgan fingerprint density at radius 2 is 1.40 bits per heavy atom. The lowest BCUT2D eigenvalue weighted by molar-refractivity contribution is 0.0979. The minimum atomic E-state index is 0.290. The first kappa shape index (κ1) is 19.4. The number of benzene rings is 2. The summed E-state index contributed by atoms with van der Waals surface area (Å²) in [7, 11) is 0. The van der Waals surface area contributed by atoms with E-state index in [-0.39, 0.29) is 0 Å². The standard InChI is InChI=1S/C24H32O/c1-20(2)14-15-22-16-18-23(19-17-22)24(25)13-9-4-3-6-10-21-11-7-5-8-12-21/h5,7-8,11-12,16-20H,3-4,6,9-10,13-15H2,1-2H3. The summed E-state index contributed by atoms with van der Waals surface area (Å²) in [6.07, 6.45) is 8.69. The van der Waals surface area contributed by atoms with Crippen LogP contribution in [0.2, 0.25) is 0 Å². The van der Waals surface area contributed by atoms with Crippen LogP contribution in [-0.2, 0) is 12.8 Å². The van der Waals surface area contributed by atoms with Crippen molar-refractivity contribution < 1.29 is 4.79 Å². The average molecular weight is 337 g/mol. The summed E-state index contributed by atoms with van der Waals surface area (Å²) < 4.78 is 0. The van der Waals surface area contributed by atoms with Gasteiger partial charge >= 0.3 is 0 Å². The Bertz CT molecular complexity index is 610. The van der Waals surface area contributed by atoms with Crippen molar-refractivity contribution in [3.8, 4) is 0 Å². The Kier molecular flexibility index (Phi) is 8.45. The minimum Gasteiger partial charge on any atom is -0.294 e. The van der Waals surface area contributed by atoms with E-state index >= 15 is 0 Å². The van der Waals surface area contributed by atoms with Gasteiger partial charge in [0.25, 0.3) is 0 Å². The second kappa shape index (κ2) is 10.9. The lowest BCUT2D eigenvalue weighted by atomic mass is 9.99. The van der Waals surface area contributed by atoms with Crippen molar-refractivity contribution in [2.75, 3.05) is 0 Å². The van der Waals surface area contributed by atoms with Crippen molar-refractivity contribution in [1.29, 1.82) is 0 Å². The van der Waals surface area contributed by atoms with Gasteiger partial charge in [0, 0.05) is 12.0 Å². The second-order valence-electron chi connectivity index (χ2n) is 7.45. The molecule has 0 N–H and O–H groups in total. The molecule has 0 aromatic heterocycles. The first-order valence-corrected chi connectivity index (χ1v) is 9.81. The molecule has 0 spiro atoms. The molecule has 0 atom stereocenters. The summed E-state index contributed by atoms with van der Waals surface area (Å²) in [5, 5.41) is 0. The topological polar surface area (TPSA) is 17.1 Å². The van der Waals surface area contributed by atoms with Crippen molar-refractivity contribution in [1.82, 2.24) is 0 Å². The average Bonchev–Trinajstić information content (AvgIpc) is 2.64. The van der Waals surface area contributed by atoms with Crippen molar-refractivity contribution >= 4 is 5.78 Å². The lowest BCUT2D eigenvalue weighted by Crippen LogP contribution is -2.00. The summed E-state index contributed by atoms with van der Waals surface area (Å²) in [5.74, 6) is 1.02. The van der Waals surface area contributed by atoms with Crippen LogP contribution < -0.4 is 0 Å². The monoisotopic (exact) mass is 336 g/mol. The highest BCUT2D eigenvalue weighted by Crippen LogP contribution is 2.14. The number of carbonyl (C=O) groups is 1. The van der Waals surface area contributed by atoms with Crippen molar-refractivity contribution in [2.45, 2.75) is 65.2 Å². The van der Waals surface area contributed by atoms with Crippen LogP contribution >= 0.6 is 0 Å². The summed E-state index contributed by atoms with van der Waals surface area (Å²) in [6, 6.07) is 18.9. The number of hydrogen-bond acceptors (Lipinski definition) is 1. The van der Waals surface area contributed by atoms with Crippen LogP contribution in [0.5, 0.6) is 0 Å². The molecule has 0 aliphatic heterocycles. The zero-order valence-electron chi connectivity index (χ0n) is 15.8. The molecule has 2 rings (SSSR count). The van der Waals surface area contributed by atoms with Crippen LogP contribution in [0.3, 0.4) is 0 Å². The number of ketones is 1. The van der Waals surface area contributed by atoms with Crippen LogP contribution in [0, 0.1) is 5.92 Å². The molecule has 0 amide bonds. The summed E-state index contributed by atoms with van der Waals surface area (Å²) in [5.41, 5.74) is 3.62. The molecule has 0 radical (unpaired) electrons. The number of hydrogen-bond donors (Lipinski definition) is 0. The number of unbranched alkanes of at least 4 members (excludes halogenated alkanes) is 3. The Morgan fingerprint density at radius 1 is 0.760 bits per heavy atom. The zero-order chi connectivity index (χ0) is 17.9. The molecule has 0 heterocycles. The minimum absolute atomic E-state index is 0.290. The van der Waals surface area contributed by atoms with Crippen LogP contribution in [-0.4, -0.2) is 5.78 Å². The molecule has 2 aromatic carbocycles. The Morgan fingerprint density at radius 3 is 2.08 bits per heavy atom. The normalized spacial score (nSPS) is 11.0.